The number of hydrazone groups is 1. The Labute approximate surface area is 171 Å². The molecule has 1 aliphatic heterocycles. The van der Waals surface area contributed by atoms with Gasteiger partial charge >= 0.3 is 0 Å². The second-order valence-corrected chi connectivity index (χ2v) is 7.42. The summed E-state index contributed by atoms with van der Waals surface area (Å²) in [7, 11) is 1.64. The lowest BCUT2D eigenvalue weighted by atomic mass is 9.98. The van der Waals surface area contributed by atoms with Gasteiger partial charge in [-0.25, -0.2) is 5.01 Å². The summed E-state index contributed by atoms with van der Waals surface area (Å²) in [5, 5.41) is 10.4. The lowest BCUT2D eigenvalue weighted by Crippen LogP contribution is -2.30. The van der Waals surface area contributed by atoms with Gasteiger partial charge in [0.1, 0.15) is 12.3 Å². The van der Waals surface area contributed by atoms with E-state index >= 15 is 0 Å². The fraction of sp³-hybridized carbons (Fsp3) is 0.190. The molecule has 1 atom stereocenters. The molecular formula is C21H19BrN4O2. The standard InChI is InChI=1S/C21H19BrN4O2/c1-28-18-9-7-16(8-10-18)20-11-19(15-5-3-2-4-6-15)24-26(20)21(27)14-25-13-17(22)12-23-25/h2-10,12-13,20H,11,14H2,1H3/t20-/m1/s1. The van der Waals surface area contributed by atoms with Crippen molar-refractivity contribution in [2.24, 2.45) is 5.10 Å². The fourth-order valence-electron chi connectivity index (χ4n) is 3.27. The normalized spacial score (nSPS) is 16.1. The SMILES string of the molecule is COc1ccc([C@H]2CC(c3ccccc3)=NN2C(=O)Cn2cc(Br)cn2)cc1. The van der Waals surface area contributed by atoms with Crippen LogP contribution in [0.2, 0.25) is 0 Å². The molecule has 0 unspecified atom stereocenters. The number of rotatable bonds is 5. The molecule has 4 rings (SSSR count). The van der Waals surface area contributed by atoms with Crippen molar-refractivity contribution in [1.29, 1.82) is 0 Å². The van der Waals surface area contributed by atoms with Crippen molar-refractivity contribution in [2.45, 2.75) is 19.0 Å². The highest BCUT2D eigenvalue weighted by Crippen LogP contribution is 2.33. The van der Waals surface area contributed by atoms with Gasteiger partial charge in [0, 0.05) is 12.6 Å². The van der Waals surface area contributed by atoms with Crippen molar-refractivity contribution in [3.8, 4) is 5.75 Å². The number of carbonyl (C=O) groups excluding carboxylic acids is 1. The molecule has 28 heavy (non-hydrogen) atoms. The van der Waals surface area contributed by atoms with Crippen molar-refractivity contribution < 1.29 is 9.53 Å². The summed E-state index contributed by atoms with van der Waals surface area (Å²) in [6.45, 7) is 0.129. The number of benzene rings is 2. The fourth-order valence-corrected chi connectivity index (χ4v) is 3.59. The van der Waals surface area contributed by atoms with Gasteiger partial charge in [-0.15, -0.1) is 0 Å². The van der Waals surface area contributed by atoms with Crippen LogP contribution in [0.25, 0.3) is 0 Å². The lowest BCUT2D eigenvalue weighted by Gasteiger charge is -2.22. The van der Waals surface area contributed by atoms with Crippen LogP contribution >= 0.6 is 15.9 Å². The Balaban J connectivity index is 1.64. The Morgan fingerprint density at radius 1 is 1.18 bits per heavy atom. The molecule has 2 aromatic carbocycles. The predicted octanol–water partition coefficient (Wildman–Crippen LogP) is 4.03. The first-order valence-corrected chi connectivity index (χ1v) is 9.70. The molecule has 3 aromatic rings. The first-order valence-electron chi connectivity index (χ1n) is 8.91. The molecule has 1 aromatic heterocycles. The summed E-state index contributed by atoms with van der Waals surface area (Å²) in [6, 6.07) is 17.6. The van der Waals surface area contributed by atoms with Crippen LogP contribution in [0.15, 0.2) is 76.6 Å². The molecule has 0 fully saturated rings. The number of ether oxygens (including phenoxy) is 1. The van der Waals surface area contributed by atoms with Crippen LogP contribution in [-0.4, -0.2) is 33.5 Å². The summed E-state index contributed by atoms with van der Waals surface area (Å²) in [5.41, 5.74) is 2.94. The van der Waals surface area contributed by atoms with E-state index in [1.54, 1.807) is 29.2 Å². The maximum atomic E-state index is 13.0. The van der Waals surface area contributed by atoms with Crippen molar-refractivity contribution in [2.75, 3.05) is 7.11 Å². The molecule has 0 saturated carbocycles. The summed E-state index contributed by atoms with van der Waals surface area (Å²) < 4.78 is 7.69. The van der Waals surface area contributed by atoms with E-state index in [1.807, 2.05) is 54.6 Å². The molecule has 0 N–H and O–H groups in total. The largest absolute Gasteiger partial charge is 0.497 e. The smallest absolute Gasteiger partial charge is 0.264 e. The Morgan fingerprint density at radius 2 is 1.93 bits per heavy atom. The van der Waals surface area contributed by atoms with Gasteiger partial charge in [-0.1, -0.05) is 42.5 Å². The topological polar surface area (TPSA) is 59.7 Å². The van der Waals surface area contributed by atoms with E-state index in [9.17, 15) is 4.79 Å². The number of hydrogen-bond acceptors (Lipinski definition) is 4. The van der Waals surface area contributed by atoms with Crippen LogP contribution in [0, 0.1) is 0 Å². The minimum Gasteiger partial charge on any atom is -0.497 e. The zero-order valence-corrected chi connectivity index (χ0v) is 16.9. The molecule has 0 saturated heterocycles. The van der Waals surface area contributed by atoms with E-state index < -0.39 is 0 Å². The van der Waals surface area contributed by atoms with Gasteiger partial charge in [-0.05, 0) is 39.2 Å². The van der Waals surface area contributed by atoms with Crippen LogP contribution in [0.3, 0.4) is 0 Å². The van der Waals surface area contributed by atoms with E-state index in [0.29, 0.717) is 6.42 Å². The number of halogens is 1. The van der Waals surface area contributed by atoms with Crippen molar-refractivity contribution in [3.63, 3.8) is 0 Å². The van der Waals surface area contributed by atoms with Gasteiger partial charge in [0.15, 0.2) is 0 Å². The summed E-state index contributed by atoms with van der Waals surface area (Å²) in [6.07, 6.45) is 4.10. The average molecular weight is 439 g/mol. The number of carbonyl (C=O) groups is 1. The number of amides is 1. The summed E-state index contributed by atoms with van der Waals surface area (Å²) >= 11 is 3.36. The Morgan fingerprint density at radius 3 is 2.57 bits per heavy atom. The molecule has 1 amide bonds. The van der Waals surface area contributed by atoms with Crippen molar-refractivity contribution >= 4 is 27.5 Å². The van der Waals surface area contributed by atoms with E-state index in [2.05, 4.69) is 26.1 Å². The van der Waals surface area contributed by atoms with Gasteiger partial charge < -0.3 is 4.74 Å². The third-order valence-electron chi connectivity index (χ3n) is 4.67. The molecule has 2 heterocycles. The van der Waals surface area contributed by atoms with Crippen molar-refractivity contribution in [1.82, 2.24) is 14.8 Å². The van der Waals surface area contributed by atoms with Crippen LogP contribution < -0.4 is 4.74 Å². The average Bonchev–Trinajstić information content (AvgIpc) is 3.35. The molecular weight excluding hydrogens is 420 g/mol. The van der Waals surface area contributed by atoms with Crippen LogP contribution in [0.5, 0.6) is 5.75 Å². The molecule has 7 heteroatoms. The minimum atomic E-state index is -0.160. The molecule has 0 spiro atoms. The van der Waals surface area contributed by atoms with Gasteiger partial charge in [0.05, 0.1) is 29.5 Å². The third-order valence-corrected chi connectivity index (χ3v) is 5.08. The number of nitrogens with zero attached hydrogens (tertiary/aromatic N) is 4. The first kappa shape index (κ1) is 18.4. The van der Waals surface area contributed by atoms with E-state index in [4.69, 9.17) is 4.74 Å². The number of methoxy groups -OCH3 is 1. The van der Waals surface area contributed by atoms with Gasteiger partial charge in [-0.2, -0.15) is 10.2 Å². The second kappa shape index (κ2) is 7.98. The molecule has 0 bridgehead atoms. The Kier molecular flexibility index (Phi) is 5.25. The quantitative estimate of drug-likeness (QED) is 0.603. The maximum absolute atomic E-state index is 13.0. The zero-order valence-electron chi connectivity index (χ0n) is 15.3. The van der Waals surface area contributed by atoms with E-state index in [-0.39, 0.29) is 18.5 Å². The third kappa shape index (κ3) is 3.84. The van der Waals surface area contributed by atoms with Crippen molar-refractivity contribution in [3.05, 3.63) is 82.6 Å². The summed E-state index contributed by atoms with van der Waals surface area (Å²) in [4.78, 5) is 13.0. The van der Waals surface area contributed by atoms with Gasteiger partial charge in [0.25, 0.3) is 5.91 Å². The molecule has 1 aliphatic rings. The van der Waals surface area contributed by atoms with E-state index in [0.717, 1.165) is 27.1 Å². The first-order chi connectivity index (χ1) is 13.6. The second-order valence-electron chi connectivity index (χ2n) is 6.50. The monoisotopic (exact) mass is 438 g/mol. The zero-order chi connectivity index (χ0) is 19.5. The summed E-state index contributed by atoms with van der Waals surface area (Å²) in [5.74, 6) is 0.674. The minimum absolute atomic E-state index is 0.109. The Hall–Kier alpha value is -2.93. The maximum Gasteiger partial charge on any atom is 0.264 e. The molecule has 6 nitrogen and oxygen atoms in total. The highest BCUT2D eigenvalue weighted by atomic mass is 79.9. The van der Waals surface area contributed by atoms with E-state index in [1.165, 1.54) is 0 Å². The molecule has 0 radical (unpaired) electrons. The van der Waals surface area contributed by atoms with Crippen LogP contribution in [0.1, 0.15) is 23.6 Å². The predicted molar refractivity (Wildman–Crippen MR) is 110 cm³/mol. The number of aromatic nitrogens is 2. The van der Waals surface area contributed by atoms with Gasteiger partial charge in [0.2, 0.25) is 0 Å². The lowest BCUT2D eigenvalue weighted by molar-refractivity contribution is -0.133. The number of hydrogen-bond donors (Lipinski definition) is 0. The highest BCUT2D eigenvalue weighted by Gasteiger charge is 2.33. The van der Waals surface area contributed by atoms with Gasteiger partial charge in [-0.3, -0.25) is 9.48 Å². The Bertz CT molecular complexity index is 999. The van der Waals surface area contributed by atoms with Crippen LogP contribution in [0.4, 0.5) is 0 Å². The van der Waals surface area contributed by atoms with Crippen LogP contribution in [-0.2, 0) is 11.3 Å². The highest BCUT2D eigenvalue weighted by molar-refractivity contribution is 9.10. The molecule has 142 valence electrons. The molecule has 0 aliphatic carbocycles.